The fraction of sp³-hybridized carbons (Fsp3) is 0.533. The molecule has 20 heavy (non-hydrogen) atoms. The summed E-state index contributed by atoms with van der Waals surface area (Å²) in [5, 5.41) is 19.1. The lowest BCUT2D eigenvalue weighted by molar-refractivity contribution is -0.0893. The van der Waals surface area contributed by atoms with E-state index in [2.05, 4.69) is 6.07 Å². The lowest BCUT2D eigenvalue weighted by atomic mass is 9.79. The number of rotatable bonds is 5. The molecule has 0 radical (unpaired) electrons. The Morgan fingerprint density at radius 1 is 1.25 bits per heavy atom. The van der Waals surface area contributed by atoms with Gasteiger partial charge in [-0.1, -0.05) is 0 Å². The SMILES string of the molecule is COc1cc(C#N)cc(C)c1BOC(C)(C)C(C)(C)O. The van der Waals surface area contributed by atoms with Gasteiger partial charge in [0, 0.05) is 0 Å². The van der Waals surface area contributed by atoms with Gasteiger partial charge in [-0.15, -0.1) is 0 Å². The van der Waals surface area contributed by atoms with E-state index in [1.807, 2.05) is 20.8 Å². The van der Waals surface area contributed by atoms with E-state index in [-0.39, 0.29) is 0 Å². The predicted molar refractivity (Wildman–Crippen MR) is 80.7 cm³/mol. The highest BCUT2D eigenvalue weighted by Crippen LogP contribution is 2.25. The molecule has 0 atom stereocenters. The Hall–Kier alpha value is -1.51. The van der Waals surface area contributed by atoms with Gasteiger partial charge >= 0.3 is 7.48 Å². The smallest absolute Gasteiger partial charge is 0.313 e. The van der Waals surface area contributed by atoms with Crippen LogP contribution in [-0.2, 0) is 4.65 Å². The van der Waals surface area contributed by atoms with Crippen molar-refractivity contribution in [1.82, 2.24) is 0 Å². The van der Waals surface area contributed by atoms with Crippen molar-refractivity contribution in [3.05, 3.63) is 23.3 Å². The van der Waals surface area contributed by atoms with Crippen LogP contribution in [0.25, 0.3) is 0 Å². The van der Waals surface area contributed by atoms with Gasteiger partial charge in [0.15, 0.2) is 0 Å². The van der Waals surface area contributed by atoms with Crippen LogP contribution in [0.1, 0.15) is 38.8 Å². The van der Waals surface area contributed by atoms with Crippen LogP contribution in [0.2, 0.25) is 0 Å². The maximum Gasteiger partial charge on any atom is 0.313 e. The van der Waals surface area contributed by atoms with Gasteiger partial charge in [-0.2, -0.15) is 5.26 Å². The molecule has 1 rings (SSSR count). The van der Waals surface area contributed by atoms with Crippen molar-refractivity contribution in [1.29, 1.82) is 5.26 Å². The zero-order chi connectivity index (χ0) is 15.6. The van der Waals surface area contributed by atoms with Crippen LogP contribution in [0.15, 0.2) is 12.1 Å². The average molecular weight is 275 g/mol. The molecule has 0 aliphatic heterocycles. The van der Waals surface area contributed by atoms with Crippen LogP contribution in [0.3, 0.4) is 0 Å². The molecule has 0 fully saturated rings. The average Bonchev–Trinajstić information content (AvgIpc) is 2.34. The van der Waals surface area contributed by atoms with Crippen molar-refractivity contribution in [2.24, 2.45) is 0 Å². The molecule has 5 heteroatoms. The predicted octanol–water partition coefficient (Wildman–Crippen LogP) is 1.42. The fourth-order valence-corrected chi connectivity index (χ4v) is 1.65. The molecule has 0 saturated heterocycles. The maximum atomic E-state index is 10.1. The number of hydrogen-bond acceptors (Lipinski definition) is 4. The van der Waals surface area contributed by atoms with E-state index in [1.165, 1.54) is 0 Å². The Bertz CT molecular complexity index is 527. The first-order valence-electron chi connectivity index (χ1n) is 6.56. The Kier molecular flexibility index (Phi) is 4.85. The minimum Gasteiger partial charge on any atom is -0.497 e. The third-order valence-electron chi connectivity index (χ3n) is 3.83. The highest BCUT2D eigenvalue weighted by molar-refractivity contribution is 6.49. The number of nitriles is 1. The molecule has 4 nitrogen and oxygen atoms in total. The molecule has 0 amide bonds. The third kappa shape index (κ3) is 3.53. The number of methoxy groups -OCH3 is 1. The zero-order valence-corrected chi connectivity index (χ0v) is 13.1. The molecule has 108 valence electrons. The van der Waals surface area contributed by atoms with Crippen molar-refractivity contribution in [3.63, 3.8) is 0 Å². The molecule has 1 aromatic rings. The topological polar surface area (TPSA) is 62.5 Å². The van der Waals surface area contributed by atoms with Crippen LogP contribution in [0.4, 0.5) is 0 Å². The lowest BCUT2D eigenvalue weighted by Gasteiger charge is -2.37. The largest absolute Gasteiger partial charge is 0.497 e. The lowest BCUT2D eigenvalue weighted by Crippen LogP contribution is -2.49. The minimum atomic E-state index is -0.958. The summed E-state index contributed by atoms with van der Waals surface area (Å²) in [5.74, 6) is 0.632. The van der Waals surface area contributed by atoms with Crippen molar-refractivity contribution >= 4 is 12.9 Å². The second-order valence-electron chi connectivity index (χ2n) is 5.94. The summed E-state index contributed by atoms with van der Waals surface area (Å²) in [7, 11) is 1.89. The summed E-state index contributed by atoms with van der Waals surface area (Å²) in [6, 6.07) is 5.61. The van der Waals surface area contributed by atoms with Gasteiger partial charge in [-0.25, -0.2) is 0 Å². The second-order valence-corrected chi connectivity index (χ2v) is 5.94. The van der Waals surface area contributed by atoms with Crippen LogP contribution in [0.5, 0.6) is 5.75 Å². The first-order chi connectivity index (χ1) is 9.12. The first kappa shape index (κ1) is 16.5. The van der Waals surface area contributed by atoms with Crippen molar-refractivity contribution < 1.29 is 14.5 Å². The second kappa shape index (κ2) is 5.86. The molecule has 0 unspecified atom stereocenters. The van der Waals surface area contributed by atoms with Crippen LogP contribution < -0.4 is 10.2 Å². The molecule has 0 saturated carbocycles. The minimum absolute atomic E-state index is 0.317. The molecule has 0 heterocycles. The first-order valence-corrected chi connectivity index (χ1v) is 6.56. The van der Waals surface area contributed by atoms with Crippen molar-refractivity contribution in [3.8, 4) is 11.8 Å². The molecule has 0 aliphatic carbocycles. The highest BCUT2D eigenvalue weighted by atomic mass is 16.5. The van der Waals surface area contributed by atoms with E-state index in [0.717, 1.165) is 11.0 Å². The van der Waals surface area contributed by atoms with E-state index in [9.17, 15) is 5.11 Å². The summed E-state index contributed by atoms with van der Waals surface area (Å²) in [6.45, 7) is 9.04. The molecular weight excluding hydrogens is 253 g/mol. The standard InChI is InChI=1S/C15H22BNO3/c1-10-7-11(9-17)8-12(19-6)13(10)16-20-15(4,5)14(2,3)18/h7-8,16,18H,1-6H3. The summed E-state index contributed by atoms with van der Waals surface area (Å²) in [5.41, 5.74) is 0.736. The molecule has 0 spiro atoms. The van der Waals surface area contributed by atoms with Gasteiger partial charge in [0.1, 0.15) is 5.75 Å². The van der Waals surface area contributed by atoms with Crippen LogP contribution in [-0.4, -0.2) is 30.9 Å². The van der Waals surface area contributed by atoms with Gasteiger partial charge in [-0.3, -0.25) is 0 Å². The van der Waals surface area contributed by atoms with Gasteiger partial charge in [0.25, 0.3) is 0 Å². The Morgan fingerprint density at radius 2 is 1.85 bits per heavy atom. The third-order valence-corrected chi connectivity index (χ3v) is 3.83. The Morgan fingerprint density at radius 3 is 2.30 bits per heavy atom. The number of hydrogen-bond donors (Lipinski definition) is 1. The van der Waals surface area contributed by atoms with Crippen molar-refractivity contribution in [2.45, 2.75) is 45.8 Å². The summed E-state index contributed by atoms with van der Waals surface area (Å²) >= 11 is 0. The maximum absolute atomic E-state index is 10.1. The zero-order valence-electron chi connectivity index (χ0n) is 13.1. The van der Waals surface area contributed by atoms with Crippen LogP contribution >= 0.6 is 0 Å². The van der Waals surface area contributed by atoms with Gasteiger partial charge in [-0.05, 0) is 57.8 Å². The highest BCUT2D eigenvalue weighted by Gasteiger charge is 2.36. The van der Waals surface area contributed by atoms with E-state index in [0.29, 0.717) is 18.8 Å². The van der Waals surface area contributed by atoms with E-state index in [1.54, 1.807) is 33.1 Å². The van der Waals surface area contributed by atoms with E-state index >= 15 is 0 Å². The number of aryl methyl sites for hydroxylation is 1. The van der Waals surface area contributed by atoms with Crippen molar-refractivity contribution in [2.75, 3.05) is 7.11 Å². The summed E-state index contributed by atoms with van der Waals surface area (Å²) in [4.78, 5) is 0. The van der Waals surface area contributed by atoms with Gasteiger partial charge in [0.05, 0.1) is 29.9 Å². The summed E-state index contributed by atoms with van der Waals surface area (Å²) in [6.07, 6.45) is 0. The molecule has 0 aromatic heterocycles. The fourth-order valence-electron chi connectivity index (χ4n) is 1.65. The molecule has 0 aliphatic rings. The quantitative estimate of drug-likeness (QED) is 0.825. The molecule has 1 N–H and O–H groups in total. The Labute approximate surface area is 121 Å². The van der Waals surface area contributed by atoms with E-state index < -0.39 is 11.2 Å². The van der Waals surface area contributed by atoms with E-state index in [4.69, 9.17) is 14.7 Å². The normalized spacial score (nSPS) is 11.9. The number of benzene rings is 1. The Balaban J connectivity index is 3.03. The van der Waals surface area contributed by atoms with Crippen LogP contribution in [0, 0.1) is 18.3 Å². The number of nitrogens with zero attached hydrogens (tertiary/aromatic N) is 1. The number of ether oxygens (including phenoxy) is 1. The molecular formula is C15H22BNO3. The van der Waals surface area contributed by atoms with Gasteiger partial charge in [0.2, 0.25) is 0 Å². The summed E-state index contributed by atoms with van der Waals surface area (Å²) < 4.78 is 11.2. The van der Waals surface area contributed by atoms with Gasteiger partial charge < -0.3 is 14.5 Å². The molecule has 0 bridgehead atoms. The molecule has 1 aromatic carbocycles. The monoisotopic (exact) mass is 275 g/mol. The number of aliphatic hydroxyl groups is 1.